The summed E-state index contributed by atoms with van der Waals surface area (Å²) in [5, 5.41) is 9.56. The van der Waals surface area contributed by atoms with Crippen molar-refractivity contribution in [3.8, 4) is 0 Å². The average Bonchev–Trinajstić information content (AvgIpc) is 2.49. The summed E-state index contributed by atoms with van der Waals surface area (Å²) in [6, 6.07) is 0. The minimum atomic E-state index is -0.840. The van der Waals surface area contributed by atoms with Gasteiger partial charge >= 0.3 is 0 Å². The van der Waals surface area contributed by atoms with Crippen molar-refractivity contribution in [1.82, 2.24) is 9.55 Å². The number of nitrogens with zero attached hydrogens (tertiary/aromatic N) is 2. The van der Waals surface area contributed by atoms with Gasteiger partial charge in [0.15, 0.2) is 0 Å². The first-order chi connectivity index (χ1) is 6.03. The fraction of sp³-hybridized carbons (Fsp3) is 0.333. The molecular weight excluding hydrogens is 168 g/mol. The number of imidazole rings is 1. The zero-order valence-corrected chi connectivity index (χ0v) is 7.48. The number of hydrogen-bond donors (Lipinski definition) is 1. The largest absolute Gasteiger partial charge is 0.511 e. The molecule has 0 fully saturated rings. The molecule has 2 rings (SSSR count). The molecule has 1 aliphatic heterocycles. The average molecular weight is 178 g/mol. The van der Waals surface area contributed by atoms with Gasteiger partial charge in [0.25, 0.3) is 0 Å². The van der Waals surface area contributed by atoms with Crippen LogP contribution < -0.4 is 0 Å². The van der Waals surface area contributed by atoms with E-state index in [1.54, 1.807) is 26.2 Å². The highest BCUT2D eigenvalue weighted by Gasteiger charge is 2.37. The lowest BCUT2D eigenvalue weighted by atomic mass is 9.87. The number of aliphatic hydroxyl groups excluding tert-OH is 1. The molecule has 0 aromatic carbocycles. The van der Waals surface area contributed by atoms with Crippen molar-refractivity contribution in [1.29, 1.82) is 0 Å². The summed E-state index contributed by atoms with van der Waals surface area (Å²) < 4.78 is 1.44. The SMILES string of the molecule is CC1(C)C(=O)n2ccnc2C=C1O. The van der Waals surface area contributed by atoms with E-state index in [9.17, 15) is 9.90 Å². The Kier molecular flexibility index (Phi) is 1.37. The summed E-state index contributed by atoms with van der Waals surface area (Å²) in [4.78, 5) is 15.7. The van der Waals surface area contributed by atoms with Gasteiger partial charge in [-0.3, -0.25) is 9.36 Å². The number of aromatic nitrogens is 2. The summed E-state index contributed by atoms with van der Waals surface area (Å²) in [7, 11) is 0. The molecule has 1 aromatic heterocycles. The Morgan fingerprint density at radius 1 is 1.54 bits per heavy atom. The number of allylic oxidation sites excluding steroid dienone is 1. The molecule has 1 N–H and O–H groups in total. The predicted octanol–water partition coefficient (Wildman–Crippen LogP) is 1.46. The highest BCUT2D eigenvalue weighted by atomic mass is 16.3. The minimum absolute atomic E-state index is 0.0659. The third-order valence-corrected chi connectivity index (χ3v) is 2.33. The summed E-state index contributed by atoms with van der Waals surface area (Å²) >= 11 is 0. The maximum Gasteiger partial charge on any atom is 0.245 e. The lowest BCUT2D eigenvalue weighted by Gasteiger charge is -2.26. The van der Waals surface area contributed by atoms with Gasteiger partial charge in [0.2, 0.25) is 5.91 Å². The van der Waals surface area contributed by atoms with Crippen molar-refractivity contribution >= 4 is 12.0 Å². The summed E-state index contributed by atoms with van der Waals surface area (Å²) in [5.74, 6) is 0.401. The molecule has 0 amide bonds. The number of rotatable bonds is 0. The van der Waals surface area contributed by atoms with Crippen LogP contribution in [0, 0.1) is 5.41 Å². The molecule has 68 valence electrons. The number of hydrogen-bond acceptors (Lipinski definition) is 3. The number of carbonyl (C=O) groups is 1. The molecule has 0 saturated carbocycles. The second-order valence-corrected chi connectivity index (χ2v) is 3.62. The van der Waals surface area contributed by atoms with Crippen LogP contribution in [-0.2, 0) is 0 Å². The number of carbonyl (C=O) groups excluding carboxylic acids is 1. The third kappa shape index (κ3) is 0.915. The first-order valence-corrected chi connectivity index (χ1v) is 4.03. The Balaban J connectivity index is 2.66. The van der Waals surface area contributed by atoms with E-state index < -0.39 is 5.41 Å². The van der Waals surface area contributed by atoms with Crippen molar-refractivity contribution in [3.63, 3.8) is 0 Å². The lowest BCUT2D eigenvalue weighted by Crippen LogP contribution is -2.34. The van der Waals surface area contributed by atoms with E-state index in [0.29, 0.717) is 5.82 Å². The van der Waals surface area contributed by atoms with Crippen molar-refractivity contribution in [2.45, 2.75) is 13.8 Å². The molecule has 0 radical (unpaired) electrons. The summed E-state index contributed by atoms with van der Waals surface area (Å²) in [6.45, 7) is 3.37. The molecule has 0 aliphatic carbocycles. The molecule has 2 heterocycles. The maximum atomic E-state index is 11.7. The monoisotopic (exact) mass is 178 g/mol. The van der Waals surface area contributed by atoms with Gasteiger partial charge in [0, 0.05) is 18.5 Å². The first-order valence-electron chi connectivity index (χ1n) is 4.03. The van der Waals surface area contributed by atoms with E-state index in [-0.39, 0.29) is 11.7 Å². The summed E-state index contributed by atoms with van der Waals surface area (Å²) in [5.41, 5.74) is -0.840. The first kappa shape index (κ1) is 8.04. The van der Waals surface area contributed by atoms with Gasteiger partial charge in [-0.1, -0.05) is 0 Å². The van der Waals surface area contributed by atoms with Crippen molar-refractivity contribution in [3.05, 3.63) is 24.0 Å². The quantitative estimate of drug-likeness (QED) is 0.654. The zero-order valence-electron chi connectivity index (χ0n) is 7.48. The maximum absolute atomic E-state index is 11.7. The molecular formula is C9H10N2O2. The van der Waals surface area contributed by atoms with Crippen molar-refractivity contribution in [2.75, 3.05) is 0 Å². The second kappa shape index (κ2) is 2.22. The fourth-order valence-corrected chi connectivity index (χ4v) is 1.31. The van der Waals surface area contributed by atoms with Gasteiger partial charge in [-0.2, -0.15) is 0 Å². The van der Waals surface area contributed by atoms with E-state index in [0.717, 1.165) is 0 Å². The van der Waals surface area contributed by atoms with Crippen LogP contribution in [0.4, 0.5) is 0 Å². The smallest absolute Gasteiger partial charge is 0.245 e. The van der Waals surface area contributed by atoms with Crippen molar-refractivity contribution in [2.24, 2.45) is 5.41 Å². The van der Waals surface area contributed by atoms with Crippen molar-refractivity contribution < 1.29 is 9.90 Å². The van der Waals surface area contributed by atoms with Gasteiger partial charge in [-0.25, -0.2) is 4.98 Å². The number of fused-ring (bicyclic) bond motifs is 1. The van der Waals surface area contributed by atoms with Crippen LogP contribution in [0.25, 0.3) is 6.08 Å². The van der Waals surface area contributed by atoms with E-state index in [4.69, 9.17) is 0 Å². The van der Waals surface area contributed by atoms with Crippen LogP contribution in [-0.4, -0.2) is 20.6 Å². The van der Waals surface area contributed by atoms with E-state index in [1.807, 2.05) is 0 Å². The highest BCUT2D eigenvalue weighted by molar-refractivity contribution is 5.91. The topological polar surface area (TPSA) is 55.1 Å². The fourth-order valence-electron chi connectivity index (χ4n) is 1.31. The van der Waals surface area contributed by atoms with Crippen LogP contribution in [0.1, 0.15) is 24.5 Å². The van der Waals surface area contributed by atoms with Gasteiger partial charge in [0.05, 0.1) is 0 Å². The van der Waals surface area contributed by atoms with Gasteiger partial charge < -0.3 is 5.11 Å². The van der Waals surface area contributed by atoms with Gasteiger partial charge in [-0.15, -0.1) is 0 Å². The Bertz CT molecular complexity index is 402. The van der Waals surface area contributed by atoms with E-state index in [1.165, 1.54) is 10.6 Å². The van der Waals surface area contributed by atoms with Crippen LogP contribution >= 0.6 is 0 Å². The third-order valence-electron chi connectivity index (χ3n) is 2.33. The second-order valence-electron chi connectivity index (χ2n) is 3.62. The molecule has 0 spiro atoms. The van der Waals surface area contributed by atoms with Gasteiger partial charge in [0.1, 0.15) is 17.0 Å². The van der Waals surface area contributed by atoms with Crippen LogP contribution in [0.5, 0.6) is 0 Å². The molecule has 0 unspecified atom stereocenters. The van der Waals surface area contributed by atoms with Crippen LogP contribution in [0.3, 0.4) is 0 Å². The summed E-state index contributed by atoms with van der Waals surface area (Å²) in [6.07, 6.45) is 4.65. The Hall–Kier alpha value is -1.58. The molecule has 13 heavy (non-hydrogen) atoms. The Labute approximate surface area is 75.5 Å². The molecule has 0 saturated heterocycles. The zero-order chi connectivity index (χ0) is 9.64. The standard InChI is InChI=1S/C9H10N2O2/c1-9(2)6(12)5-7-10-3-4-11(7)8(9)13/h3-5,12H,1-2H3. The molecule has 1 aliphatic rings. The van der Waals surface area contributed by atoms with Gasteiger partial charge in [-0.05, 0) is 13.8 Å². The molecule has 4 heteroatoms. The molecule has 1 aromatic rings. The van der Waals surface area contributed by atoms with Crippen LogP contribution in [0.15, 0.2) is 18.2 Å². The minimum Gasteiger partial charge on any atom is -0.511 e. The Morgan fingerprint density at radius 2 is 2.23 bits per heavy atom. The molecule has 4 nitrogen and oxygen atoms in total. The highest BCUT2D eigenvalue weighted by Crippen LogP contribution is 2.31. The van der Waals surface area contributed by atoms with E-state index in [2.05, 4.69) is 4.98 Å². The lowest BCUT2D eigenvalue weighted by molar-refractivity contribution is 0.0726. The van der Waals surface area contributed by atoms with Crippen LogP contribution in [0.2, 0.25) is 0 Å². The molecule has 0 bridgehead atoms. The Morgan fingerprint density at radius 3 is 2.92 bits per heavy atom. The normalized spacial score (nSPS) is 19.5. The predicted molar refractivity (Wildman–Crippen MR) is 47.2 cm³/mol. The number of aliphatic hydroxyl groups is 1. The molecule has 0 atom stereocenters. The van der Waals surface area contributed by atoms with E-state index >= 15 is 0 Å².